The van der Waals surface area contributed by atoms with E-state index in [0.29, 0.717) is 12.1 Å². The minimum absolute atomic E-state index is 0.469. The van der Waals surface area contributed by atoms with Crippen molar-refractivity contribution < 1.29 is 4.74 Å². The highest BCUT2D eigenvalue weighted by atomic mass is 79.9. The molecule has 11 heavy (non-hydrogen) atoms. The number of alkyl halides is 1. The van der Waals surface area contributed by atoms with Gasteiger partial charge in [0.05, 0.1) is 6.10 Å². The lowest BCUT2D eigenvalue weighted by molar-refractivity contribution is 0.108. The van der Waals surface area contributed by atoms with Crippen molar-refractivity contribution in [1.82, 2.24) is 5.32 Å². The van der Waals surface area contributed by atoms with E-state index < -0.39 is 0 Å². The third-order valence-electron chi connectivity index (χ3n) is 1.95. The Balaban J connectivity index is 2.01. The highest BCUT2D eigenvalue weighted by Gasteiger charge is 2.15. The topological polar surface area (TPSA) is 21.3 Å². The average molecular weight is 222 g/mol. The molecule has 0 aromatic rings. The largest absolute Gasteiger partial charge is 0.377 e. The Labute approximate surface area is 76.8 Å². The van der Waals surface area contributed by atoms with Gasteiger partial charge in [0.15, 0.2) is 0 Å². The number of hydrogen-bond acceptors (Lipinski definition) is 2. The molecule has 1 fully saturated rings. The summed E-state index contributed by atoms with van der Waals surface area (Å²) >= 11 is 3.42. The second-order valence-corrected chi connectivity index (χ2v) is 3.75. The van der Waals surface area contributed by atoms with Gasteiger partial charge in [0.1, 0.15) is 0 Å². The summed E-state index contributed by atoms with van der Waals surface area (Å²) in [7, 11) is 0. The Bertz CT molecular complexity index is 104. The zero-order chi connectivity index (χ0) is 8.10. The van der Waals surface area contributed by atoms with Gasteiger partial charge in [-0.3, -0.25) is 0 Å². The van der Waals surface area contributed by atoms with Crippen molar-refractivity contribution in [1.29, 1.82) is 0 Å². The molecule has 0 saturated carbocycles. The Morgan fingerprint density at radius 1 is 1.73 bits per heavy atom. The van der Waals surface area contributed by atoms with E-state index in [4.69, 9.17) is 4.74 Å². The van der Waals surface area contributed by atoms with Crippen molar-refractivity contribution in [3.05, 3.63) is 0 Å². The van der Waals surface area contributed by atoms with Crippen LogP contribution in [-0.4, -0.2) is 30.6 Å². The van der Waals surface area contributed by atoms with Crippen molar-refractivity contribution in [2.45, 2.75) is 31.9 Å². The molecule has 0 amide bonds. The summed E-state index contributed by atoms with van der Waals surface area (Å²) in [5, 5.41) is 4.42. The molecule has 0 aromatic carbocycles. The molecule has 1 N–H and O–H groups in total. The smallest absolute Gasteiger partial charge is 0.0700 e. The van der Waals surface area contributed by atoms with Crippen LogP contribution in [-0.2, 0) is 4.74 Å². The summed E-state index contributed by atoms with van der Waals surface area (Å²) in [6.07, 6.45) is 2.92. The first kappa shape index (κ1) is 9.49. The summed E-state index contributed by atoms with van der Waals surface area (Å²) in [5.74, 6) is 0. The molecule has 3 heteroatoms. The van der Waals surface area contributed by atoms with Crippen LogP contribution < -0.4 is 5.32 Å². The van der Waals surface area contributed by atoms with E-state index >= 15 is 0 Å². The van der Waals surface area contributed by atoms with E-state index in [9.17, 15) is 0 Å². The fourth-order valence-electron chi connectivity index (χ4n) is 1.19. The molecule has 2 atom stereocenters. The first-order valence-corrected chi connectivity index (χ1v) is 5.36. The van der Waals surface area contributed by atoms with E-state index in [-0.39, 0.29) is 0 Å². The van der Waals surface area contributed by atoms with E-state index in [1.807, 2.05) is 0 Å². The van der Waals surface area contributed by atoms with Crippen LogP contribution >= 0.6 is 15.9 Å². The molecule has 0 aromatic heterocycles. The third-order valence-corrected chi connectivity index (χ3v) is 2.92. The van der Waals surface area contributed by atoms with Gasteiger partial charge in [-0.05, 0) is 19.8 Å². The van der Waals surface area contributed by atoms with Crippen LogP contribution in [0.15, 0.2) is 0 Å². The Morgan fingerprint density at radius 3 is 3.09 bits per heavy atom. The molecule has 2 nitrogen and oxygen atoms in total. The van der Waals surface area contributed by atoms with Gasteiger partial charge in [0.2, 0.25) is 0 Å². The van der Waals surface area contributed by atoms with Crippen molar-refractivity contribution in [3.8, 4) is 0 Å². The van der Waals surface area contributed by atoms with Crippen molar-refractivity contribution >= 4 is 15.9 Å². The highest BCUT2D eigenvalue weighted by Crippen LogP contribution is 2.10. The number of hydrogen-bond donors (Lipinski definition) is 1. The molecule has 0 aliphatic carbocycles. The van der Waals surface area contributed by atoms with E-state index in [1.54, 1.807) is 0 Å². The molecule has 1 saturated heterocycles. The normalized spacial score (nSPS) is 27.3. The molecular weight excluding hydrogens is 206 g/mol. The molecule has 66 valence electrons. The van der Waals surface area contributed by atoms with Crippen molar-refractivity contribution in [2.24, 2.45) is 0 Å². The maximum atomic E-state index is 5.47. The SMILES string of the molecule is CC(CBr)NCC1CCCO1. The predicted octanol–water partition coefficient (Wildman–Crippen LogP) is 1.54. The molecule has 0 spiro atoms. The van der Waals surface area contributed by atoms with E-state index in [1.165, 1.54) is 12.8 Å². The minimum Gasteiger partial charge on any atom is -0.377 e. The fourth-order valence-corrected chi connectivity index (χ4v) is 1.42. The summed E-state index contributed by atoms with van der Waals surface area (Å²) in [4.78, 5) is 0. The maximum absolute atomic E-state index is 5.47. The lowest BCUT2D eigenvalue weighted by Crippen LogP contribution is -2.34. The van der Waals surface area contributed by atoms with Gasteiger partial charge in [-0.1, -0.05) is 15.9 Å². The standard InChI is InChI=1S/C8H16BrNO/c1-7(5-9)10-6-8-3-2-4-11-8/h7-8,10H,2-6H2,1H3. The molecular formula is C8H16BrNO. The summed E-state index contributed by atoms with van der Waals surface area (Å²) < 4.78 is 5.47. The van der Waals surface area contributed by atoms with E-state index in [2.05, 4.69) is 28.2 Å². The zero-order valence-corrected chi connectivity index (χ0v) is 8.56. The number of nitrogens with one attached hydrogen (secondary N) is 1. The van der Waals surface area contributed by atoms with Crippen LogP contribution in [0.1, 0.15) is 19.8 Å². The van der Waals surface area contributed by atoms with Crippen molar-refractivity contribution in [2.75, 3.05) is 18.5 Å². The molecule has 0 radical (unpaired) electrons. The van der Waals surface area contributed by atoms with Gasteiger partial charge in [0.25, 0.3) is 0 Å². The summed E-state index contributed by atoms with van der Waals surface area (Å²) in [5.41, 5.74) is 0. The van der Waals surface area contributed by atoms with Crippen LogP contribution in [0.4, 0.5) is 0 Å². The average Bonchev–Trinajstić information content (AvgIpc) is 2.52. The lowest BCUT2D eigenvalue weighted by atomic mass is 10.2. The first-order chi connectivity index (χ1) is 5.33. The molecule has 1 heterocycles. The Hall–Kier alpha value is 0.400. The predicted molar refractivity (Wildman–Crippen MR) is 50.2 cm³/mol. The number of rotatable bonds is 4. The molecule has 2 unspecified atom stereocenters. The Morgan fingerprint density at radius 2 is 2.55 bits per heavy atom. The number of halogens is 1. The quantitative estimate of drug-likeness (QED) is 0.728. The van der Waals surface area contributed by atoms with Crippen LogP contribution in [0.5, 0.6) is 0 Å². The van der Waals surface area contributed by atoms with Crippen LogP contribution in [0, 0.1) is 0 Å². The summed E-state index contributed by atoms with van der Waals surface area (Å²) in [6, 6.07) is 0.555. The van der Waals surface area contributed by atoms with Gasteiger partial charge in [-0.2, -0.15) is 0 Å². The van der Waals surface area contributed by atoms with Gasteiger partial charge in [-0.15, -0.1) is 0 Å². The Kier molecular flexibility index (Phi) is 4.41. The van der Waals surface area contributed by atoms with Crippen LogP contribution in [0.25, 0.3) is 0 Å². The lowest BCUT2D eigenvalue weighted by Gasteiger charge is -2.14. The minimum atomic E-state index is 0.469. The van der Waals surface area contributed by atoms with Gasteiger partial charge in [-0.25, -0.2) is 0 Å². The number of ether oxygens (including phenoxy) is 1. The van der Waals surface area contributed by atoms with Gasteiger partial charge >= 0.3 is 0 Å². The summed E-state index contributed by atoms with van der Waals surface area (Å²) in [6.45, 7) is 4.13. The fraction of sp³-hybridized carbons (Fsp3) is 1.00. The van der Waals surface area contributed by atoms with Gasteiger partial charge in [0, 0.05) is 24.5 Å². The zero-order valence-electron chi connectivity index (χ0n) is 6.98. The molecule has 1 aliphatic heterocycles. The molecule has 0 bridgehead atoms. The highest BCUT2D eigenvalue weighted by molar-refractivity contribution is 9.09. The second kappa shape index (κ2) is 5.12. The van der Waals surface area contributed by atoms with Crippen molar-refractivity contribution in [3.63, 3.8) is 0 Å². The van der Waals surface area contributed by atoms with Crippen LogP contribution in [0.3, 0.4) is 0 Å². The third kappa shape index (κ3) is 3.54. The second-order valence-electron chi connectivity index (χ2n) is 3.10. The first-order valence-electron chi connectivity index (χ1n) is 4.24. The monoisotopic (exact) mass is 221 g/mol. The van der Waals surface area contributed by atoms with Gasteiger partial charge < -0.3 is 10.1 Å². The van der Waals surface area contributed by atoms with Crippen LogP contribution in [0.2, 0.25) is 0 Å². The maximum Gasteiger partial charge on any atom is 0.0700 e. The molecule has 1 rings (SSSR count). The van der Waals surface area contributed by atoms with E-state index in [0.717, 1.165) is 18.5 Å². The molecule has 1 aliphatic rings.